The monoisotopic (exact) mass is 865 g/mol. The molecule has 2 aromatic carbocycles. The van der Waals surface area contributed by atoms with Gasteiger partial charge < -0.3 is 28.2 Å². The summed E-state index contributed by atoms with van der Waals surface area (Å²) in [6.45, 7) is 26.9. The van der Waals surface area contributed by atoms with Crippen molar-refractivity contribution in [3.63, 3.8) is 0 Å². The number of hydrogen-bond donors (Lipinski definition) is 2. The zero-order valence-electron chi connectivity index (χ0n) is 36.7. The number of methoxy groups -OCH3 is 1. The number of nitrogens with zero attached hydrogens (tertiary/aromatic N) is 2. The molecule has 324 valence electrons. The summed E-state index contributed by atoms with van der Waals surface area (Å²) in [5.74, 6) is -1.49. The minimum atomic E-state index is -2.59. The van der Waals surface area contributed by atoms with Gasteiger partial charge in [0.05, 0.1) is 30.6 Å². The maximum atomic E-state index is 14.4. The third kappa shape index (κ3) is 13.7. The summed E-state index contributed by atoms with van der Waals surface area (Å²) in [4.78, 5) is 64.5. The fourth-order valence-corrected chi connectivity index (χ4v) is 8.00. The number of non-ortho nitro benzene ring substituents is 1. The van der Waals surface area contributed by atoms with Gasteiger partial charge in [0.25, 0.3) is 5.69 Å². The van der Waals surface area contributed by atoms with E-state index in [-0.39, 0.29) is 39.4 Å². The summed E-state index contributed by atoms with van der Waals surface area (Å²) >= 11 is 1.17. The molecule has 0 aliphatic carbocycles. The van der Waals surface area contributed by atoms with Gasteiger partial charge in [0.15, 0.2) is 6.04 Å². The van der Waals surface area contributed by atoms with E-state index in [1.807, 2.05) is 6.07 Å². The maximum Gasteiger partial charge on any atom is 0.426 e. The third-order valence-corrected chi connectivity index (χ3v) is 19.9. The van der Waals surface area contributed by atoms with Gasteiger partial charge in [-0.2, -0.15) is 11.8 Å². The highest BCUT2D eigenvalue weighted by atomic mass is 32.2. The van der Waals surface area contributed by atoms with E-state index in [2.05, 4.69) is 73.2 Å². The fourth-order valence-electron chi connectivity index (χ4n) is 4.78. The van der Waals surface area contributed by atoms with Gasteiger partial charge in [0.1, 0.15) is 23.7 Å². The minimum Gasteiger partial charge on any atom is -0.543 e. The number of amides is 2. The molecule has 0 bridgehead atoms. The first-order valence-corrected chi connectivity index (χ1v) is 26.0. The molecule has 0 aliphatic heterocycles. The topological polar surface area (TPSA) is 193 Å². The number of benzene rings is 2. The van der Waals surface area contributed by atoms with Crippen LogP contribution >= 0.6 is 11.8 Å². The van der Waals surface area contributed by atoms with Crippen molar-refractivity contribution in [1.82, 2.24) is 10.4 Å². The summed E-state index contributed by atoms with van der Waals surface area (Å²) in [6, 6.07) is 6.14. The number of nitrogens with one attached hydrogen (secondary N) is 1. The van der Waals surface area contributed by atoms with Gasteiger partial charge >= 0.3 is 18.0 Å². The molecular formula is C40H63N3O12SSi2. The number of aliphatic hydroxyl groups excluding tert-OH is 1. The van der Waals surface area contributed by atoms with Gasteiger partial charge in [-0.15, -0.1) is 0 Å². The molecular weight excluding hydrogens is 803 g/mol. The van der Waals surface area contributed by atoms with Crippen molar-refractivity contribution in [2.24, 2.45) is 0 Å². The van der Waals surface area contributed by atoms with Crippen molar-refractivity contribution < 1.29 is 52.3 Å². The molecule has 0 saturated heterocycles. The molecule has 58 heavy (non-hydrogen) atoms. The standard InChI is InChI=1S/C40H63N3O12SSi2/c1-26-31(54-57(12,13)39(5,6)7)22-32(55-58(14,15)40(8,9)10)29(34(26)36(47)52-23-27-16-18-28(19-17-27)43(49)50)24-56-25-30(35(46)51-11)42(33(45)20-21-44)41-37(48)53-38(2,3)4/h16-19,22,30,44H,20-21,23-25H2,1-15H3,(H,41,48)/t30-/m0/s1. The number of aliphatic hydroxyl groups is 1. The predicted octanol–water partition coefficient (Wildman–Crippen LogP) is 8.45. The Morgan fingerprint density at radius 1 is 0.914 bits per heavy atom. The van der Waals surface area contributed by atoms with Crippen LogP contribution in [0, 0.1) is 17.0 Å². The van der Waals surface area contributed by atoms with Crippen LogP contribution in [0.4, 0.5) is 10.5 Å². The van der Waals surface area contributed by atoms with Gasteiger partial charge in [-0.3, -0.25) is 14.9 Å². The van der Waals surface area contributed by atoms with E-state index >= 15 is 0 Å². The number of nitro groups is 1. The fraction of sp³-hybridized carbons (Fsp3) is 0.600. The highest BCUT2D eigenvalue weighted by Crippen LogP contribution is 2.45. The lowest BCUT2D eigenvalue weighted by Crippen LogP contribution is -2.57. The van der Waals surface area contributed by atoms with E-state index in [1.54, 1.807) is 27.7 Å². The van der Waals surface area contributed by atoms with E-state index in [0.29, 0.717) is 28.2 Å². The average molecular weight is 866 g/mol. The first-order valence-electron chi connectivity index (χ1n) is 19.0. The van der Waals surface area contributed by atoms with Crippen LogP contribution in [0.3, 0.4) is 0 Å². The summed E-state index contributed by atoms with van der Waals surface area (Å²) < 4.78 is 30.1. The normalized spacial score (nSPS) is 12.9. The number of esters is 2. The molecule has 0 saturated carbocycles. The average Bonchev–Trinajstić information content (AvgIpc) is 3.08. The first-order chi connectivity index (χ1) is 26.5. The number of rotatable bonds is 16. The van der Waals surface area contributed by atoms with Crippen molar-refractivity contribution in [3.8, 4) is 11.5 Å². The van der Waals surface area contributed by atoms with E-state index in [9.17, 15) is 34.4 Å². The predicted molar refractivity (Wildman–Crippen MR) is 229 cm³/mol. The molecule has 0 aliphatic rings. The SMILES string of the molecule is COC(=O)[C@H](CSCc1c(O[Si](C)(C)C(C)(C)C)cc(O[Si](C)(C)C(C)(C)C)c(C)c1C(=O)OCc1ccc([N+](=O)[O-])cc1)N(NC(=O)OC(C)(C)C)C(=O)CCO. The van der Waals surface area contributed by atoms with E-state index < -0.39 is 70.2 Å². The Morgan fingerprint density at radius 3 is 1.91 bits per heavy atom. The number of nitro benzene ring substituents is 1. The van der Waals surface area contributed by atoms with Crippen molar-refractivity contribution in [3.05, 3.63) is 62.7 Å². The van der Waals surface area contributed by atoms with E-state index in [0.717, 1.165) is 12.1 Å². The van der Waals surface area contributed by atoms with Crippen molar-refractivity contribution in [1.29, 1.82) is 0 Å². The second kappa shape index (κ2) is 19.7. The molecule has 2 N–H and O–H groups in total. The quantitative estimate of drug-likeness (QED) is 0.0537. The second-order valence-corrected chi connectivity index (χ2v) is 28.5. The largest absolute Gasteiger partial charge is 0.543 e. The molecule has 0 spiro atoms. The molecule has 0 heterocycles. The van der Waals surface area contributed by atoms with Gasteiger partial charge in [0, 0.05) is 40.8 Å². The van der Waals surface area contributed by atoms with Gasteiger partial charge in [-0.1, -0.05) is 41.5 Å². The van der Waals surface area contributed by atoms with E-state index in [4.69, 9.17) is 23.1 Å². The Balaban J connectivity index is 2.80. The summed E-state index contributed by atoms with van der Waals surface area (Å²) in [5, 5.41) is 21.2. The number of carbonyl (C=O) groups is 4. The lowest BCUT2D eigenvalue weighted by molar-refractivity contribution is -0.384. The van der Waals surface area contributed by atoms with Gasteiger partial charge in [-0.05, 0) is 81.7 Å². The van der Waals surface area contributed by atoms with Crippen LogP contribution in [0.2, 0.25) is 36.3 Å². The third-order valence-electron chi connectivity index (χ3n) is 10.2. The number of hydrogen-bond acceptors (Lipinski definition) is 13. The van der Waals surface area contributed by atoms with Gasteiger partial charge in [-0.25, -0.2) is 24.8 Å². The first kappa shape index (κ1) is 50.0. The molecule has 18 heteroatoms. The molecule has 2 aromatic rings. The Kier molecular flexibility index (Phi) is 17.0. The van der Waals surface area contributed by atoms with E-state index in [1.165, 1.54) is 36.0 Å². The van der Waals surface area contributed by atoms with Crippen molar-refractivity contribution in [2.75, 3.05) is 19.5 Å². The van der Waals surface area contributed by atoms with Gasteiger partial charge in [0.2, 0.25) is 22.5 Å². The lowest BCUT2D eigenvalue weighted by Gasteiger charge is -2.39. The molecule has 0 unspecified atom stereocenters. The highest BCUT2D eigenvalue weighted by molar-refractivity contribution is 7.98. The molecule has 1 atom stereocenters. The number of hydrazine groups is 1. The summed E-state index contributed by atoms with van der Waals surface area (Å²) in [6.07, 6.45) is -1.40. The highest BCUT2D eigenvalue weighted by Gasteiger charge is 2.43. The summed E-state index contributed by atoms with van der Waals surface area (Å²) in [7, 11) is -3.92. The Hall–Kier alpha value is -4.14. The smallest absolute Gasteiger partial charge is 0.426 e. The number of carbonyl (C=O) groups excluding carboxylic acids is 4. The van der Waals surface area contributed by atoms with Crippen molar-refractivity contribution >= 4 is 58.0 Å². The maximum absolute atomic E-state index is 14.4. The molecule has 2 rings (SSSR count). The zero-order valence-corrected chi connectivity index (χ0v) is 39.6. The molecule has 0 aromatic heterocycles. The number of thioether (sulfide) groups is 1. The molecule has 2 amide bonds. The van der Waals surface area contributed by atoms with Crippen LogP contribution in [0.1, 0.15) is 95.8 Å². The van der Waals surface area contributed by atoms with Crippen LogP contribution in [0.15, 0.2) is 30.3 Å². The van der Waals surface area contributed by atoms with Crippen molar-refractivity contribution in [2.45, 2.75) is 136 Å². The van der Waals surface area contributed by atoms with Crippen LogP contribution in [0.25, 0.3) is 0 Å². The van der Waals surface area contributed by atoms with Crippen LogP contribution in [0.5, 0.6) is 11.5 Å². The molecule has 0 fully saturated rings. The lowest BCUT2D eigenvalue weighted by atomic mass is 10.0. The minimum absolute atomic E-state index is 0.0646. The Morgan fingerprint density at radius 2 is 1.45 bits per heavy atom. The van der Waals surface area contributed by atoms with Crippen LogP contribution < -0.4 is 14.3 Å². The Bertz CT molecular complexity index is 1800. The zero-order chi connectivity index (χ0) is 44.6. The Labute approximate surface area is 349 Å². The number of ether oxygens (including phenoxy) is 3. The second-order valence-electron chi connectivity index (χ2n) is 18.0. The van der Waals surface area contributed by atoms with Crippen LogP contribution in [-0.2, 0) is 36.2 Å². The van der Waals surface area contributed by atoms with Crippen LogP contribution in [-0.4, -0.2) is 86.7 Å². The molecule has 0 radical (unpaired) electrons. The molecule has 15 nitrogen and oxygen atoms in total. The summed E-state index contributed by atoms with van der Waals surface area (Å²) in [5.41, 5.74) is 3.02.